The molecule has 57 heavy (non-hydrogen) atoms. The lowest BCUT2D eigenvalue weighted by Gasteiger charge is -2.12. The van der Waals surface area contributed by atoms with Gasteiger partial charge in [0.25, 0.3) is 0 Å². The minimum atomic E-state index is 0.648. The van der Waals surface area contributed by atoms with Gasteiger partial charge in [0.05, 0.1) is 38.0 Å². The summed E-state index contributed by atoms with van der Waals surface area (Å²) in [7, 11) is 0. The Morgan fingerprint density at radius 3 is 2.04 bits per heavy atom. The van der Waals surface area contributed by atoms with E-state index >= 15 is 0 Å². The number of pyridine rings is 1. The largest absolute Gasteiger partial charge is 0.309 e. The van der Waals surface area contributed by atoms with E-state index in [4.69, 9.17) is 9.97 Å². The van der Waals surface area contributed by atoms with Crippen molar-refractivity contribution in [2.75, 3.05) is 0 Å². The molecule has 0 N–H and O–H groups in total. The third-order valence-corrected chi connectivity index (χ3v) is 12.4. The highest BCUT2D eigenvalue weighted by Gasteiger charge is 2.22. The molecule has 5 nitrogen and oxygen atoms in total. The number of fused-ring (bicyclic) bond motifs is 9. The molecule has 0 aliphatic rings. The van der Waals surface area contributed by atoms with Crippen molar-refractivity contribution in [1.82, 2.24) is 24.1 Å². The van der Waals surface area contributed by atoms with E-state index in [0.29, 0.717) is 5.95 Å². The number of rotatable bonds is 5. The van der Waals surface area contributed by atoms with E-state index in [9.17, 15) is 0 Å². The minimum Gasteiger partial charge on any atom is -0.309 e. The Hall–Kier alpha value is -7.41. The van der Waals surface area contributed by atoms with Gasteiger partial charge in [-0.15, -0.1) is 11.3 Å². The van der Waals surface area contributed by atoms with Crippen LogP contribution in [0.15, 0.2) is 188 Å². The Labute approximate surface area is 331 Å². The fourth-order valence-corrected chi connectivity index (χ4v) is 9.85. The third kappa shape index (κ3) is 4.91. The molecular formula is C51H31N5S. The Bertz CT molecular complexity index is 3510. The number of thiophene rings is 1. The highest BCUT2D eigenvalue weighted by atomic mass is 32.1. The molecule has 6 heteroatoms. The van der Waals surface area contributed by atoms with Crippen molar-refractivity contribution >= 4 is 75.9 Å². The number of hydrogen-bond acceptors (Lipinski definition) is 4. The van der Waals surface area contributed by atoms with Crippen molar-refractivity contribution in [1.29, 1.82) is 0 Å². The van der Waals surface area contributed by atoms with E-state index < -0.39 is 0 Å². The van der Waals surface area contributed by atoms with Crippen molar-refractivity contribution in [3.05, 3.63) is 188 Å². The lowest BCUT2D eigenvalue weighted by molar-refractivity contribution is 1.02. The van der Waals surface area contributed by atoms with Crippen LogP contribution in [0.4, 0.5) is 0 Å². The normalized spacial score (nSPS) is 11.9. The maximum Gasteiger partial charge on any atom is 0.235 e. The molecule has 0 bridgehead atoms. The highest BCUT2D eigenvalue weighted by molar-refractivity contribution is 7.22. The van der Waals surface area contributed by atoms with E-state index in [1.165, 1.54) is 43.5 Å². The van der Waals surface area contributed by atoms with Crippen LogP contribution < -0.4 is 0 Å². The molecule has 0 saturated heterocycles. The highest BCUT2D eigenvalue weighted by Crippen LogP contribution is 2.43. The van der Waals surface area contributed by atoms with Crippen LogP contribution in [-0.4, -0.2) is 24.1 Å². The summed E-state index contributed by atoms with van der Waals surface area (Å²) in [6.07, 6.45) is 3.68. The van der Waals surface area contributed by atoms with Gasteiger partial charge in [0.2, 0.25) is 5.95 Å². The second-order valence-corrected chi connectivity index (χ2v) is 15.5. The maximum absolute atomic E-state index is 5.44. The summed E-state index contributed by atoms with van der Waals surface area (Å²) in [6, 6.07) is 62.9. The summed E-state index contributed by atoms with van der Waals surface area (Å²) in [5.41, 5.74) is 12.0. The summed E-state index contributed by atoms with van der Waals surface area (Å²) in [4.78, 5) is 16.2. The smallest absolute Gasteiger partial charge is 0.235 e. The topological polar surface area (TPSA) is 48.5 Å². The summed E-state index contributed by atoms with van der Waals surface area (Å²) in [5.74, 6) is 0.648. The van der Waals surface area contributed by atoms with Gasteiger partial charge in [-0.2, -0.15) is 0 Å². The number of hydrogen-bond donors (Lipinski definition) is 0. The molecule has 266 valence electrons. The number of aromatic nitrogens is 5. The van der Waals surface area contributed by atoms with Gasteiger partial charge in [0.15, 0.2) is 0 Å². The van der Waals surface area contributed by atoms with Crippen molar-refractivity contribution in [2.45, 2.75) is 0 Å². The van der Waals surface area contributed by atoms with Gasteiger partial charge >= 0.3 is 0 Å². The first-order valence-electron chi connectivity index (χ1n) is 19.1. The number of nitrogens with zero attached hydrogens (tertiary/aromatic N) is 5. The molecule has 0 amide bonds. The lowest BCUT2D eigenvalue weighted by Crippen LogP contribution is -2.02. The summed E-state index contributed by atoms with van der Waals surface area (Å²) in [5, 5.41) is 7.22. The van der Waals surface area contributed by atoms with Crippen molar-refractivity contribution in [3.63, 3.8) is 0 Å². The molecule has 12 aromatic rings. The van der Waals surface area contributed by atoms with E-state index in [2.05, 4.69) is 190 Å². The molecule has 0 aliphatic carbocycles. The van der Waals surface area contributed by atoms with Crippen LogP contribution in [0.1, 0.15) is 0 Å². The van der Waals surface area contributed by atoms with Gasteiger partial charge in [-0.25, -0.2) is 9.97 Å². The predicted molar refractivity (Wildman–Crippen MR) is 238 cm³/mol. The van der Waals surface area contributed by atoms with Crippen LogP contribution in [0.3, 0.4) is 0 Å². The molecule has 0 saturated carbocycles. The van der Waals surface area contributed by atoms with E-state index in [0.717, 1.165) is 59.6 Å². The molecule has 5 aromatic heterocycles. The zero-order valence-corrected chi connectivity index (χ0v) is 31.4. The Morgan fingerprint density at radius 1 is 0.456 bits per heavy atom. The van der Waals surface area contributed by atoms with Crippen LogP contribution in [0.25, 0.3) is 109 Å². The fraction of sp³-hybridized carbons (Fsp3) is 0. The van der Waals surface area contributed by atoms with Crippen LogP contribution in [-0.2, 0) is 0 Å². The first-order chi connectivity index (χ1) is 28.3. The predicted octanol–water partition coefficient (Wildman–Crippen LogP) is 13.4. The van der Waals surface area contributed by atoms with Gasteiger partial charge in [-0.1, -0.05) is 121 Å². The van der Waals surface area contributed by atoms with Crippen molar-refractivity contribution < 1.29 is 0 Å². The van der Waals surface area contributed by atoms with Crippen LogP contribution in [0.2, 0.25) is 0 Å². The Kier molecular flexibility index (Phi) is 7.03. The molecule has 12 rings (SSSR count). The minimum absolute atomic E-state index is 0.648. The summed E-state index contributed by atoms with van der Waals surface area (Å²) in [6.45, 7) is 0. The first-order valence-corrected chi connectivity index (χ1v) is 19.9. The monoisotopic (exact) mass is 745 g/mol. The quantitative estimate of drug-likeness (QED) is 0.176. The fourth-order valence-electron chi connectivity index (χ4n) is 8.74. The molecule has 7 aromatic carbocycles. The molecule has 5 heterocycles. The molecular weight excluding hydrogens is 715 g/mol. The van der Waals surface area contributed by atoms with Crippen LogP contribution >= 0.6 is 11.3 Å². The Morgan fingerprint density at radius 2 is 1.18 bits per heavy atom. The summed E-state index contributed by atoms with van der Waals surface area (Å²) < 4.78 is 5.74. The molecule has 0 aliphatic heterocycles. The zero-order chi connectivity index (χ0) is 37.5. The second-order valence-electron chi connectivity index (χ2n) is 14.4. The summed E-state index contributed by atoms with van der Waals surface area (Å²) >= 11 is 1.72. The lowest BCUT2D eigenvalue weighted by atomic mass is 9.98. The first kappa shape index (κ1) is 31.9. The van der Waals surface area contributed by atoms with Gasteiger partial charge < -0.3 is 4.57 Å². The molecule has 0 spiro atoms. The zero-order valence-electron chi connectivity index (χ0n) is 30.5. The number of benzene rings is 7. The van der Waals surface area contributed by atoms with Crippen molar-refractivity contribution in [2.24, 2.45) is 0 Å². The van der Waals surface area contributed by atoms with Crippen molar-refractivity contribution in [3.8, 4) is 44.5 Å². The van der Waals surface area contributed by atoms with E-state index in [-0.39, 0.29) is 0 Å². The Balaban J connectivity index is 1.16. The van der Waals surface area contributed by atoms with E-state index in [1.54, 1.807) is 11.3 Å². The molecule has 0 unspecified atom stereocenters. The average Bonchev–Trinajstić information content (AvgIpc) is 3.97. The second kappa shape index (κ2) is 12.6. The van der Waals surface area contributed by atoms with Crippen LogP contribution in [0.5, 0.6) is 0 Å². The molecule has 0 fully saturated rings. The van der Waals surface area contributed by atoms with Crippen LogP contribution in [0, 0.1) is 0 Å². The van der Waals surface area contributed by atoms with Gasteiger partial charge in [0, 0.05) is 55.6 Å². The maximum atomic E-state index is 5.44. The standard InChI is InChI=1S/C51H31N5S/c1-3-13-34(14-4-1)48-50-42(31-46(57-50)33-26-28-52-29-27-33)53-51(54-48)56-44-24-23-35(30-41(44)47-37-17-8-7-12-32(37)22-25-45(47)56)38-19-11-20-40-39-18-9-10-21-43(39)55(49(38)40)36-15-5-2-6-16-36/h1-31H. The van der Waals surface area contributed by atoms with Gasteiger partial charge in [-0.3, -0.25) is 9.55 Å². The average molecular weight is 746 g/mol. The molecule has 0 radical (unpaired) electrons. The third-order valence-electron chi connectivity index (χ3n) is 11.2. The SMILES string of the molecule is c1ccc(-c2nc(-n3c4ccc(-c5cccc6c7ccccc7n(-c7ccccc7)c56)cc4c4c5ccccc5ccc43)nc3cc(-c4ccncc4)sc23)cc1. The van der Waals surface area contributed by atoms with Gasteiger partial charge in [0.1, 0.15) is 0 Å². The molecule has 0 atom stereocenters. The van der Waals surface area contributed by atoms with Gasteiger partial charge in [-0.05, 0) is 76.5 Å². The van der Waals surface area contributed by atoms with E-state index in [1.807, 2.05) is 12.4 Å². The number of para-hydroxylation sites is 3.